The quantitative estimate of drug-likeness (QED) is 0.563. The largest absolute Gasteiger partial charge is 0.395 e. The lowest BCUT2D eigenvalue weighted by atomic mass is 10.4. The van der Waals surface area contributed by atoms with Crippen molar-refractivity contribution in [3.05, 3.63) is 0 Å². The number of ether oxygens (including phenoxy) is 2. The summed E-state index contributed by atoms with van der Waals surface area (Å²) in [7, 11) is -1.89. The van der Waals surface area contributed by atoms with Crippen molar-refractivity contribution in [2.24, 2.45) is 0 Å². The Morgan fingerprint density at radius 1 is 1.32 bits per heavy atom. The van der Waals surface area contributed by atoms with Crippen LogP contribution in [0.3, 0.4) is 0 Å². The Morgan fingerprint density at radius 2 is 2.00 bits per heavy atom. The van der Waals surface area contributed by atoms with Crippen LogP contribution in [-0.2, 0) is 19.5 Å². The first-order chi connectivity index (χ1) is 9.10. The lowest BCUT2D eigenvalue weighted by molar-refractivity contribution is 0.0359. The molecule has 0 atom stereocenters. The van der Waals surface area contributed by atoms with E-state index >= 15 is 0 Å². The van der Waals surface area contributed by atoms with Gasteiger partial charge in [0.15, 0.2) is 0 Å². The van der Waals surface area contributed by atoms with E-state index in [0.717, 1.165) is 13.1 Å². The standard InChI is InChI=1S/C11H24N2O5S/c1-17-10-11-19(15,16)13(4-7-14)3-2-12-5-8-18-9-6-12/h14H,2-11H2,1H3. The predicted molar refractivity (Wildman–Crippen MR) is 71.6 cm³/mol. The molecule has 7 nitrogen and oxygen atoms in total. The molecule has 0 bridgehead atoms. The van der Waals surface area contributed by atoms with E-state index in [1.54, 1.807) is 0 Å². The van der Waals surface area contributed by atoms with E-state index in [1.807, 2.05) is 0 Å². The van der Waals surface area contributed by atoms with Crippen molar-refractivity contribution in [3.63, 3.8) is 0 Å². The summed E-state index contributed by atoms with van der Waals surface area (Å²) in [6.07, 6.45) is 0. The van der Waals surface area contributed by atoms with Crippen LogP contribution in [0, 0.1) is 0 Å². The number of rotatable bonds is 9. The van der Waals surface area contributed by atoms with Gasteiger partial charge in [0.05, 0.1) is 32.2 Å². The molecule has 0 aromatic rings. The van der Waals surface area contributed by atoms with Crippen molar-refractivity contribution in [1.29, 1.82) is 0 Å². The molecule has 0 radical (unpaired) electrons. The summed E-state index contributed by atoms with van der Waals surface area (Å²) in [5, 5.41) is 8.99. The average molecular weight is 296 g/mol. The van der Waals surface area contributed by atoms with Crippen LogP contribution in [0.4, 0.5) is 0 Å². The van der Waals surface area contributed by atoms with Crippen molar-refractivity contribution in [3.8, 4) is 0 Å². The number of aliphatic hydroxyl groups excluding tert-OH is 1. The minimum Gasteiger partial charge on any atom is -0.395 e. The molecule has 1 fully saturated rings. The molecule has 1 aliphatic rings. The van der Waals surface area contributed by atoms with Gasteiger partial charge in [-0.1, -0.05) is 0 Å². The maximum Gasteiger partial charge on any atom is 0.216 e. The third-order valence-electron chi connectivity index (χ3n) is 3.06. The van der Waals surface area contributed by atoms with Gasteiger partial charge in [0.1, 0.15) is 0 Å². The molecule has 8 heteroatoms. The molecule has 0 spiro atoms. The van der Waals surface area contributed by atoms with E-state index in [0.29, 0.717) is 26.3 Å². The highest BCUT2D eigenvalue weighted by Crippen LogP contribution is 2.04. The molecular weight excluding hydrogens is 272 g/mol. The third-order valence-corrected chi connectivity index (χ3v) is 4.89. The van der Waals surface area contributed by atoms with Gasteiger partial charge in [-0.05, 0) is 0 Å². The van der Waals surface area contributed by atoms with Gasteiger partial charge in [0.25, 0.3) is 0 Å². The maximum atomic E-state index is 12.0. The summed E-state index contributed by atoms with van der Waals surface area (Å²) in [5.74, 6) is -0.0490. The molecule has 114 valence electrons. The second-order valence-corrected chi connectivity index (χ2v) is 6.47. The van der Waals surface area contributed by atoms with Crippen LogP contribution >= 0.6 is 0 Å². The zero-order valence-corrected chi connectivity index (χ0v) is 12.3. The van der Waals surface area contributed by atoms with Gasteiger partial charge >= 0.3 is 0 Å². The average Bonchev–Trinajstić information content (AvgIpc) is 2.42. The van der Waals surface area contributed by atoms with E-state index in [1.165, 1.54) is 11.4 Å². The Hall–Kier alpha value is -0.250. The van der Waals surface area contributed by atoms with Crippen LogP contribution in [0.2, 0.25) is 0 Å². The number of methoxy groups -OCH3 is 1. The Morgan fingerprint density at radius 3 is 2.58 bits per heavy atom. The third kappa shape index (κ3) is 6.15. The fourth-order valence-corrected chi connectivity index (χ4v) is 3.25. The first-order valence-electron chi connectivity index (χ1n) is 6.48. The van der Waals surface area contributed by atoms with Gasteiger partial charge in [0, 0.05) is 39.8 Å². The molecule has 0 aliphatic carbocycles. The summed E-state index contributed by atoms with van der Waals surface area (Å²) >= 11 is 0. The molecular formula is C11H24N2O5S. The topological polar surface area (TPSA) is 79.3 Å². The molecule has 0 amide bonds. The highest BCUT2D eigenvalue weighted by Gasteiger charge is 2.22. The summed E-state index contributed by atoms with van der Waals surface area (Å²) in [6.45, 7) is 4.22. The number of nitrogens with zero attached hydrogens (tertiary/aromatic N) is 2. The number of hydrogen-bond donors (Lipinski definition) is 1. The summed E-state index contributed by atoms with van der Waals surface area (Å²) < 4.78 is 35.5. The van der Waals surface area contributed by atoms with Crippen molar-refractivity contribution in [2.45, 2.75) is 0 Å². The molecule has 1 rings (SSSR count). The van der Waals surface area contributed by atoms with E-state index < -0.39 is 10.0 Å². The van der Waals surface area contributed by atoms with E-state index in [9.17, 15) is 8.42 Å². The fraction of sp³-hybridized carbons (Fsp3) is 1.00. The molecule has 0 saturated carbocycles. The zero-order valence-electron chi connectivity index (χ0n) is 11.5. The van der Waals surface area contributed by atoms with E-state index in [-0.39, 0.29) is 25.5 Å². The van der Waals surface area contributed by atoms with Gasteiger partial charge in [-0.25, -0.2) is 8.42 Å². The summed E-state index contributed by atoms with van der Waals surface area (Å²) in [6, 6.07) is 0. The number of sulfonamides is 1. The Balaban J connectivity index is 2.46. The highest BCUT2D eigenvalue weighted by molar-refractivity contribution is 7.89. The Kier molecular flexibility index (Phi) is 7.81. The maximum absolute atomic E-state index is 12.0. The molecule has 0 aromatic heterocycles. The minimum absolute atomic E-state index is 0.0490. The van der Waals surface area contributed by atoms with Gasteiger partial charge < -0.3 is 14.6 Å². The smallest absolute Gasteiger partial charge is 0.216 e. The van der Waals surface area contributed by atoms with Crippen molar-refractivity contribution >= 4 is 10.0 Å². The molecule has 1 N–H and O–H groups in total. The molecule has 0 aromatic carbocycles. The number of morpholine rings is 1. The van der Waals surface area contributed by atoms with Crippen molar-refractivity contribution in [1.82, 2.24) is 9.21 Å². The number of hydrogen-bond acceptors (Lipinski definition) is 6. The summed E-state index contributed by atoms with van der Waals surface area (Å²) in [5.41, 5.74) is 0. The van der Waals surface area contributed by atoms with Crippen LogP contribution < -0.4 is 0 Å². The van der Waals surface area contributed by atoms with Crippen LogP contribution in [0.5, 0.6) is 0 Å². The molecule has 1 heterocycles. The van der Waals surface area contributed by atoms with Crippen molar-refractivity contribution < 1.29 is 23.0 Å². The minimum atomic E-state index is -3.36. The van der Waals surface area contributed by atoms with Crippen LogP contribution in [0.1, 0.15) is 0 Å². The molecule has 19 heavy (non-hydrogen) atoms. The molecule has 1 saturated heterocycles. The second-order valence-electron chi connectivity index (χ2n) is 4.39. The van der Waals surface area contributed by atoms with Crippen LogP contribution in [-0.4, -0.2) is 94.7 Å². The SMILES string of the molecule is COCCS(=O)(=O)N(CCO)CCN1CCOCC1. The summed E-state index contributed by atoms with van der Waals surface area (Å²) in [4.78, 5) is 2.17. The molecule has 0 unspecified atom stereocenters. The predicted octanol–water partition coefficient (Wildman–Crippen LogP) is -1.41. The van der Waals surface area contributed by atoms with Gasteiger partial charge in [0.2, 0.25) is 10.0 Å². The number of aliphatic hydroxyl groups is 1. The monoisotopic (exact) mass is 296 g/mol. The normalized spacial score (nSPS) is 18.1. The van der Waals surface area contributed by atoms with E-state index in [4.69, 9.17) is 14.6 Å². The lowest BCUT2D eigenvalue weighted by Gasteiger charge is -2.29. The van der Waals surface area contributed by atoms with Crippen LogP contribution in [0.25, 0.3) is 0 Å². The van der Waals surface area contributed by atoms with Crippen molar-refractivity contribution in [2.75, 3.05) is 72.0 Å². The first-order valence-corrected chi connectivity index (χ1v) is 8.09. The van der Waals surface area contributed by atoms with Gasteiger partial charge in [-0.2, -0.15) is 4.31 Å². The Bertz CT molecular complexity index is 330. The van der Waals surface area contributed by atoms with Gasteiger partial charge in [-0.3, -0.25) is 4.90 Å². The zero-order chi connectivity index (χ0) is 14.1. The highest BCUT2D eigenvalue weighted by atomic mass is 32.2. The lowest BCUT2D eigenvalue weighted by Crippen LogP contribution is -2.44. The van der Waals surface area contributed by atoms with Crippen LogP contribution in [0.15, 0.2) is 0 Å². The Labute approximate surface area is 115 Å². The van der Waals surface area contributed by atoms with E-state index in [2.05, 4.69) is 4.90 Å². The first kappa shape index (κ1) is 16.8. The molecule has 1 aliphatic heterocycles. The fourth-order valence-electron chi connectivity index (χ4n) is 1.90. The van der Waals surface area contributed by atoms with Gasteiger partial charge in [-0.15, -0.1) is 0 Å². The second kappa shape index (κ2) is 8.83.